The number of aldehydes is 2. The van der Waals surface area contributed by atoms with Crippen LogP contribution in [0.15, 0.2) is 42.5 Å². The van der Waals surface area contributed by atoms with E-state index >= 15 is 0 Å². The van der Waals surface area contributed by atoms with Gasteiger partial charge in [0.15, 0.2) is 12.6 Å². The average Bonchev–Trinajstić information content (AvgIpc) is 3.02. The van der Waals surface area contributed by atoms with Gasteiger partial charge in [-0.15, -0.1) is 0 Å². The van der Waals surface area contributed by atoms with Crippen LogP contribution >= 0.6 is 0 Å². The lowest BCUT2D eigenvalue weighted by Gasteiger charge is -2.15. The van der Waals surface area contributed by atoms with E-state index in [0.29, 0.717) is 35.1 Å². The van der Waals surface area contributed by atoms with Crippen LogP contribution in [-0.2, 0) is 4.74 Å². The maximum Gasteiger partial charge on any atom is 0.415 e. The fraction of sp³-hybridized carbons (Fsp3) is 0.167. The van der Waals surface area contributed by atoms with Crippen LogP contribution in [0.2, 0.25) is 0 Å². The summed E-state index contributed by atoms with van der Waals surface area (Å²) >= 11 is 0. The Morgan fingerprint density at radius 2 is 1.88 bits per heavy atom. The van der Waals surface area contributed by atoms with E-state index in [9.17, 15) is 14.4 Å². The molecule has 0 radical (unpaired) electrons. The zero-order valence-electron chi connectivity index (χ0n) is 13.0. The Kier molecular flexibility index (Phi) is 4.29. The molecule has 3 rings (SSSR count). The van der Waals surface area contributed by atoms with Gasteiger partial charge >= 0.3 is 6.09 Å². The van der Waals surface area contributed by atoms with Crippen LogP contribution < -0.4 is 9.64 Å². The topological polar surface area (TPSA) is 72.9 Å². The van der Waals surface area contributed by atoms with Crippen molar-refractivity contribution in [3.63, 3.8) is 0 Å². The Morgan fingerprint density at radius 1 is 1.12 bits per heavy atom. The summed E-state index contributed by atoms with van der Waals surface area (Å²) in [5.74, 6) is 0.422. The number of nitrogens with zero attached hydrogens (tertiary/aromatic N) is 1. The van der Waals surface area contributed by atoms with Crippen molar-refractivity contribution in [3.05, 3.63) is 59.2 Å². The molecule has 0 bridgehead atoms. The van der Waals surface area contributed by atoms with E-state index in [1.807, 2.05) is 0 Å². The first kappa shape index (κ1) is 15.7. The number of carbonyl (C=O) groups is 3. The van der Waals surface area contributed by atoms with Crippen LogP contribution in [-0.4, -0.2) is 32.3 Å². The molecule has 1 fully saturated rings. The van der Waals surface area contributed by atoms with Gasteiger partial charge in [-0.1, -0.05) is 18.2 Å². The lowest BCUT2D eigenvalue weighted by atomic mass is 10.1. The molecule has 0 aliphatic carbocycles. The normalized spacial score (nSPS) is 16.6. The van der Waals surface area contributed by atoms with E-state index in [4.69, 9.17) is 9.47 Å². The molecule has 6 nitrogen and oxygen atoms in total. The summed E-state index contributed by atoms with van der Waals surface area (Å²) < 4.78 is 10.6. The Hall–Kier alpha value is -3.15. The first-order valence-corrected chi connectivity index (χ1v) is 7.33. The number of hydrogen-bond acceptors (Lipinski definition) is 5. The molecule has 1 heterocycles. The number of amides is 1. The largest absolute Gasteiger partial charge is 0.496 e. The minimum Gasteiger partial charge on any atom is -0.496 e. The second kappa shape index (κ2) is 6.54. The van der Waals surface area contributed by atoms with Crippen LogP contribution in [0.3, 0.4) is 0 Å². The molecule has 1 aliphatic rings. The molecule has 1 amide bonds. The molecule has 0 N–H and O–H groups in total. The van der Waals surface area contributed by atoms with Crippen LogP contribution in [0, 0.1) is 0 Å². The predicted molar refractivity (Wildman–Crippen MR) is 86.8 cm³/mol. The highest BCUT2D eigenvalue weighted by Gasteiger charge is 2.34. The van der Waals surface area contributed by atoms with Crippen molar-refractivity contribution in [2.45, 2.75) is 6.10 Å². The molecular weight excluding hydrogens is 310 g/mol. The van der Waals surface area contributed by atoms with Gasteiger partial charge in [0.1, 0.15) is 11.9 Å². The van der Waals surface area contributed by atoms with E-state index in [-0.39, 0.29) is 6.54 Å². The smallest absolute Gasteiger partial charge is 0.415 e. The number of hydrogen-bond donors (Lipinski definition) is 0. The Labute approximate surface area is 138 Å². The zero-order valence-corrected chi connectivity index (χ0v) is 13.0. The highest BCUT2D eigenvalue weighted by molar-refractivity contribution is 5.96. The Balaban J connectivity index is 1.90. The van der Waals surface area contributed by atoms with Crippen molar-refractivity contribution in [3.8, 4) is 5.75 Å². The molecule has 1 saturated heterocycles. The van der Waals surface area contributed by atoms with Gasteiger partial charge in [-0.25, -0.2) is 4.79 Å². The lowest BCUT2D eigenvalue weighted by Crippen LogP contribution is -2.24. The molecule has 24 heavy (non-hydrogen) atoms. The summed E-state index contributed by atoms with van der Waals surface area (Å²) in [6.07, 6.45) is 0.382. The number of benzene rings is 2. The molecule has 122 valence electrons. The third-order valence-electron chi connectivity index (χ3n) is 3.92. The van der Waals surface area contributed by atoms with E-state index < -0.39 is 12.2 Å². The summed E-state index contributed by atoms with van der Waals surface area (Å²) in [5.41, 5.74) is 2.08. The van der Waals surface area contributed by atoms with Crippen LogP contribution in [0.4, 0.5) is 10.5 Å². The van der Waals surface area contributed by atoms with Crippen molar-refractivity contribution in [1.82, 2.24) is 0 Å². The van der Waals surface area contributed by atoms with E-state index in [1.165, 1.54) is 12.0 Å². The number of anilines is 1. The van der Waals surface area contributed by atoms with Crippen LogP contribution in [0.5, 0.6) is 5.75 Å². The summed E-state index contributed by atoms with van der Waals surface area (Å²) in [6.45, 7) is 0.271. The van der Waals surface area contributed by atoms with Gasteiger partial charge in [-0.3, -0.25) is 14.5 Å². The van der Waals surface area contributed by atoms with Crippen molar-refractivity contribution >= 4 is 24.4 Å². The molecule has 1 atom stereocenters. The molecule has 1 aliphatic heterocycles. The quantitative estimate of drug-likeness (QED) is 0.790. The fourth-order valence-electron chi connectivity index (χ4n) is 2.69. The van der Waals surface area contributed by atoms with Gasteiger partial charge in [0.05, 0.1) is 24.9 Å². The molecule has 2 aromatic rings. The standard InChI is InChI=1S/C18H15NO5/c1-23-16-8-12(6-7-14(16)11-21)17-9-19(18(22)24-17)15-5-3-2-4-13(15)10-20/h2-8,10-11,17H,9H2,1H3. The highest BCUT2D eigenvalue weighted by atomic mass is 16.6. The summed E-state index contributed by atoms with van der Waals surface area (Å²) in [6, 6.07) is 11.8. The minimum absolute atomic E-state index is 0.271. The number of rotatable bonds is 5. The van der Waals surface area contributed by atoms with Crippen LogP contribution in [0.1, 0.15) is 32.4 Å². The molecule has 6 heteroatoms. The SMILES string of the molecule is COc1cc(C2CN(c3ccccc3C=O)C(=O)O2)ccc1C=O. The second-order valence-corrected chi connectivity index (χ2v) is 5.28. The molecule has 0 spiro atoms. The van der Waals surface area contributed by atoms with E-state index in [0.717, 1.165) is 5.56 Å². The number of methoxy groups -OCH3 is 1. The molecule has 1 unspecified atom stereocenters. The van der Waals surface area contributed by atoms with Crippen molar-refractivity contribution in [2.75, 3.05) is 18.6 Å². The Bertz CT molecular complexity index is 802. The zero-order chi connectivity index (χ0) is 17.1. The number of carbonyl (C=O) groups excluding carboxylic acids is 3. The third-order valence-corrected chi connectivity index (χ3v) is 3.92. The van der Waals surface area contributed by atoms with E-state index in [1.54, 1.807) is 42.5 Å². The van der Waals surface area contributed by atoms with E-state index in [2.05, 4.69) is 0 Å². The van der Waals surface area contributed by atoms with Crippen LogP contribution in [0.25, 0.3) is 0 Å². The van der Waals surface area contributed by atoms with Gasteiger partial charge in [0.25, 0.3) is 0 Å². The summed E-state index contributed by atoms with van der Waals surface area (Å²) in [5, 5.41) is 0. The number of cyclic esters (lactones) is 1. The first-order valence-electron chi connectivity index (χ1n) is 7.33. The minimum atomic E-state index is -0.521. The second-order valence-electron chi connectivity index (χ2n) is 5.28. The van der Waals surface area contributed by atoms with Crippen molar-refractivity contribution in [2.24, 2.45) is 0 Å². The van der Waals surface area contributed by atoms with Crippen molar-refractivity contribution < 1.29 is 23.9 Å². The Morgan fingerprint density at radius 3 is 2.58 bits per heavy atom. The molecule has 2 aromatic carbocycles. The van der Waals surface area contributed by atoms with Gasteiger partial charge in [-0.2, -0.15) is 0 Å². The van der Waals surface area contributed by atoms with Gasteiger partial charge in [0, 0.05) is 5.56 Å². The first-order chi connectivity index (χ1) is 11.7. The average molecular weight is 325 g/mol. The maximum absolute atomic E-state index is 12.2. The molecule has 0 aromatic heterocycles. The predicted octanol–water partition coefficient (Wildman–Crippen LogP) is 3.02. The highest BCUT2D eigenvalue weighted by Crippen LogP contribution is 2.33. The molecular formula is C18H15NO5. The fourth-order valence-corrected chi connectivity index (χ4v) is 2.69. The summed E-state index contributed by atoms with van der Waals surface area (Å²) in [4.78, 5) is 35.8. The van der Waals surface area contributed by atoms with Crippen molar-refractivity contribution in [1.29, 1.82) is 0 Å². The summed E-state index contributed by atoms with van der Waals surface area (Å²) in [7, 11) is 1.47. The number of para-hydroxylation sites is 1. The number of ether oxygens (including phenoxy) is 2. The maximum atomic E-state index is 12.2. The monoisotopic (exact) mass is 325 g/mol. The third kappa shape index (κ3) is 2.74. The lowest BCUT2D eigenvalue weighted by molar-refractivity contribution is 0.111. The van der Waals surface area contributed by atoms with Gasteiger partial charge in [0.2, 0.25) is 0 Å². The van der Waals surface area contributed by atoms with Gasteiger partial charge < -0.3 is 9.47 Å². The molecule has 0 saturated carbocycles. The van der Waals surface area contributed by atoms with Gasteiger partial charge in [-0.05, 0) is 29.8 Å².